The zero-order valence-corrected chi connectivity index (χ0v) is 24.5. The molecular formula is C32H35F3N6O3. The SMILES string of the molecule is CC[C@@H]1CN(C(=O)Cc2ccc(CN3CCNCC3)c(C(F)(F)F)c2)Cc2cc(Oc3ccnc4[nH]c(CO)cc34)cnc21. The summed E-state index contributed by atoms with van der Waals surface area (Å²) >= 11 is 0. The lowest BCUT2D eigenvalue weighted by Gasteiger charge is -2.34. The highest BCUT2D eigenvalue weighted by molar-refractivity contribution is 5.83. The van der Waals surface area contributed by atoms with Crippen molar-refractivity contribution in [2.45, 2.75) is 51.6 Å². The van der Waals surface area contributed by atoms with Crippen LogP contribution in [0.4, 0.5) is 13.2 Å². The van der Waals surface area contributed by atoms with E-state index in [0.717, 1.165) is 42.2 Å². The van der Waals surface area contributed by atoms with Crippen LogP contribution in [-0.2, 0) is 37.1 Å². The normalized spacial score (nSPS) is 17.6. The van der Waals surface area contributed by atoms with Gasteiger partial charge in [0.1, 0.15) is 17.1 Å². The van der Waals surface area contributed by atoms with Crippen LogP contribution in [0.1, 0.15) is 52.9 Å². The van der Waals surface area contributed by atoms with Crippen LogP contribution in [0.2, 0.25) is 0 Å². The Morgan fingerprint density at radius 3 is 2.70 bits per heavy atom. The van der Waals surface area contributed by atoms with Gasteiger partial charge < -0.3 is 25.0 Å². The molecule has 0 bridgehead atoms. The average Bonchev–Trinajstić information content (AvgIpc) is 3.46. The van der Waals surface area contributed by atoms with Crippen molar-refractivity contribution in [2.75, 3.05) is 32.7 Å². The first kappa shape index (κ1) is 30.0. The van der Waals surface area contributed by atoms with Crippen molar-refractivity contribution in [1.29, 1.82) is 0 Å². The fourth-order valence-electron chi connectivity index (χ4n) is 6.07. The number of aliphatic hydroxyl groups excluding tert-OH is 1. The van der Waals surface area contributed by atoms with E-state index in [0.29, 0.717) is 48.0 Å². The molecule has 1 amide bonds. The third-order valence-corrected chi connectivity index (χ3v) is 8.39. The molecule has 0 radical (unpaired) electrons. The van der Waals surface area contributed by atoms with E-state index in [2.05, 4.69) is 20.3 Å². The van der Waals surface area contributed by atoms with Crippen LogP contribution in [0, 0.1) is 0 Å². The average molecular weight is 609 g/mol. The second-order valence-electron chi connectivity index (χ2n) is 11.4. The molecule has 4 aromatic rings. The monoisotopic (exact) mass is 608 g/mol. The number of hydrogen-bond acceptors (Lipinski definition) is 7. The van der Waals surface area contributed by atoms with Crippen molar-refractivity contribution in [3.63, 3.8) is 0 Å². The molecule has 0 unspecified atom stereocenters. The van der Waals surface area contributed by atoms with E-state index in [-0.39, 0.29) is 43.5 Å². The maximum absolute atomic E-state index is 14.1. The minimum atomic E-state index is -4.51. The highest BCUT2D eigenvalue weighted by atomic mass is 19.4. The Kier molecular flexibility index (Phi) is 8.57. The number of aromatic amines is 1. The smallest absolute Gasteiger partial charge is 0.416 e. The lowest BCUT2D eigenvalue weighted by Crippen LogP contribution is -2.43. The molecule has 44 heavy (non-hydrogen) atoms. The van der Waals surface area contributed by atoms with Gasteiger partial charge in [0.05, 0.1) is 35.9 Å². The Hall–Kier alpha value is -4.00. The molecular weight excluding hydrogens is 573 g/mol. The van der Waals surface area contributed by atoms with Gasteiger partial charge in [-0.25, -0.2) is 4.98 Å². The molecule has 1 aromatic carbocycles. The van der Waals surface area contributed by atoms with Gasteiger partial charge in [-0.05, 0) is 47.4 Å². The predicted octanol–water partition coefficient (Wildman–Crippen LogP) is 4.75. The molecule has 2 aliphatic heterocycles. The number of halogens is 3. The van der Waals surface area contributed by atoms with Crippen molar-refractivity contribution in [3.8, 4) is 11.5 Å². The van der Waals surface area contributed by atoms with Crippen LogP contribution in [-0.4, -0.2) is 68.5 Å². The van der Waals surface area contributed by atoms with Crippen molar-refractivity contribution >= 4 is 16.9 Å². The molecule has 9 nitrogen and oxygen atoms in total. The molecule has 0 spiro atoms. The van der Waals surface area contributed by atoms with Gasteiger partial charge in [-0.15, -0.1) is 0 Å². The molecule has 12 heteroatoms. The minimum absolute atomic E-state index is 0.00619. The first-order chi connectivity index (χ1) is 21.2. The number of alkyl halides is 3. The fraction of sp³-hybridized carbons (Fsp3) is 0.406. The molecule has 5 heterocycles. The van der Waals surface area contributed by atoms with E-state index in [1.165, 1.54) is 6.07 Å². The number of hydrogen-bond donors (Lipinski definition) is 3. The number of amides is 1. The molecule has 3 aromatic heterocycles. The molecule has 3 N–H and O–H groups in total. The minimum Gasteiger partial charge on any atom is -0.455 e. The molecule has 1 saturated heterocycles. The third kappa shape index (κ3) is 6.42. The summed E-state index contributed by atoms with van der Waals surface area (Å²) in [5.74, 6) is 0.794. The van der Waals surface area contributed by atoms with E-state index in [1.807, 2.05) is 17.9 Å². The van der Waals surface area contributed by atoms with E-state index in [9.17, 15) is 23.1 Å². The second kappa shape index (κ2) is 12.5. The van der Waals surface area contributed by atoms with Crippen molar-refractivity contribution in [2.24, 2.45) is 0 Å². The number of piperazine rings is 1. The summed E-state index contributed by atoms with van der Waals surface area (Å²) in [6.07, 6.45) is -0.617. The van der Waals surface area contributed by atoms with Gasteiger partial charge in [0.25, 0.3) is 0 Å². The number of ether oxygens (including phenoxy) is 1. The summed E-state index contributed by atoms with van der Waals surface area (Å²) in [5.41, 5.74) is 2.83. The van der Waals surface area contributed by atoms with Crippen LogP contribution >= 0.6 is 0 Å². The maximum atomic E-state index is 14.1. The number of carbonyl (C=O) groups is 1. The summed E-state index contributed by atoms with van der Waals surface area (Å²) in [4.78, 5) is 29.2. The number of pyridine rings is 2. The van der Waals surface area contributed by atoms with Crippen LogP contribution in [0.15, 0.2) is 48.8 Å². The number of nitrogens with one attached hydrogen (secondary N) is 2. The maximum Gasteiger partial charge on any atom is 0.416 e. The topological polar surface area (TPSA) is 107 Å². The van der Waals surface area contributed by atoms with Gasteiger partial charge in [-0.3, -0.25) is 14.7 Å². The van der Waals surface area contributed by atoms with Crippen molar-refractivity contribution < 1.29 is 27.8 Å². The summed E-state index contributed by atoms with van der Waals surface area (Å²) in [6.45, 7) is 5.71. The van der Waals surface area contributed by atoms with E-state index in [1.54, 1.807) is 35.5 Å². The molecule has 232 valence electrons. The third-order valence-electron chi connectivity index (χ3n) is 8.39. The Labute approximate surface area is 253 Å². The quantitative estimate of drug-likeness (QED) is 0.265. The van der Waals surface area contributed by atoms with Gasteiger partial charge in [-0.1, -0.05) is 19.1 Å². The standard InChI is InChI=1S/C32H35F3N6O3/c1-2-21-17-41(29(43)12-20-3-4-22(27(11-20)32(33,34)35)16-40-9-7-36-8-10-40)18-23-13-25(15-38-30(21)23)44-28-5-6-37-31-26(28)14-24(19-42)39-31/h3-6,11,13-15,21,36,42H,2,7-10,12,16-19H2,1H3,(H,37,39)/t21-/m1/s1. The van der Waals surface area contributed by atoms with Crippen LogP contribution in [0.5, 0.6) is 11.5 Å². The van der Waals surface area contributed by atoms with Gasteiger partial charge in [0, 0.05) is 63.6 Å². The van der Waals surface area contributed by atoms with Crippen molar-refractivity contribution in [1.82, 2.24) is 30.1 Å². The number of aromatic nitrogens is 3. The largest absolute Gasteiger partial charge is 0.455 e. The molecule has 0 aliphatic carbocycles. The summed E-state index contributed by atoms with van der Waals surface area (Å²) in [7, 11) is 0. The number of aliphatic hydroxyl groups is 1. The Morgan fingerprint density at radius 2 is 1.95 bits per heavy atom. The van der Waals surface area contributed by atoms with E-state index in [4.69, 9.17) is 4.74 Å². The van der Waals surface area contributed by atoms with Gasteiger partial charge in [-0.2, -0.15) is 13.2 Å². The number of carbonyl (C=O) groups excluding carboxylic acids is 1. The number of fused-ring (bicyclic) bond motifs is 2. The molecule has 1 fully saturated rings. The Bertz CT molecular complexity index is 1650. The van der Waals surface area contributed by atoms with Gasteiger partial charge in [0.15, 0.2) is 0 Å². The highest BCUT2D eigenvalue weighted by Gasteiger charge is 2.35. The zero-order chi connectivity index (χ0) is 30.8. The first-order valence-electron chi connectivity index (χ1n) is 14.9. The highest BCUT2D eigenvalue weighted by Crippen LogP contribution is 2.36. The van der Waals surface area contributed by atoms with Crippen LogP contribution in [0.3, 0.4) is 0 Å². The lowest BCUT2D eigenvalue weighted by molar-refractivity contribution is -0.138. The number of nitrogens with zero attached hydrogens (tertiary/aromatic N) is 4. The van der Waals surface area contributed by atoms with Crippen LogP contribution < -0.4 is 10.1 Å². The molecule has 2 aliphatic rings. The number of benzene rings is 1. The lowest BCUT2D eigenvalue weighted by atomic mass is 9.92. The summed E-state index contributed by atoms with van der Waals surface area (Å²) in [5, 5.41) is 13.4. The Morgan fingerprint density at radius 1 is 1.14 bits per heavy atom. The van der Waals surface area contributed by atoms with Gasteiger partial charge in [0.2, 0.25) is 5.91 Å². The van der Waals surface area contributed by atoms with Crippen LogP contribution in [0.25, 0.3) is 11.0 Å². The molecule has 0 saturated carbocycles. The first-order valence-corrected chi connectivity index (χ1v) is 14.9. The summed E-state index contributed by atoms with van der Waals surface area (Å²) < 4.78 is 48.4. The van der Waals surface area contributed by atoms with E-state index >= 15 is 0 Å². The molecule has 6 rings (SSSR count). The number of rotatable bonds is 8. The fourth-order valence-corrected chi connectivity index (χ4v) is 6.07. The predicted molar refractivity (Wildman–Crippen MR) is 158 cm³/mol. The second-order valence-corrected chi connectivity index (χ2v) is 11.4. The van der Waals surface area contributed by atoms with Crippen molar-refractivity contribution in [3.05, 3.63) is 82.4 Å². The summed E-state index contributed by atoms with van der Waals surface area (Å²) in [6, 6.07) is 9.67. The zero-order valence-electron chi connectivity index (χ0n) is 24.5. The molecule has 1 atom stereocenters. The number of H-pyrrole nitrogens is 1. The Balaban J connectivity index is 1.20. The van der Waals surface area contributed by atoms with Gasteiger partial charge >= 0.3 is 6.18 Å². The van der Waals surface area contributed by atoms with E-state index < -0.39 is 11.7 Å².